The lowest BCUT2D eigenvalue weighted by atomic mass is 10.1. The summed E-state index contributed by atoms with van der Waals surface area (Å²) in [6.07, 6.45) is 6.91. The highest BCUT2D eigenvalue weighted by Gasteiger charge is 2.23. The summed E-state index contributed by atoms with van der Waals surface area (Å²) >= 11 is 0. The van der Waals surface area contributed by atoms with E-state index in [1.807, 2.05) is 37.2 Å². The summed E-state index contributed by atoms with van der Waals surface area (Å²) in [6.45, 7) is 3.10. The molecule has 1 aliphatic rings. The van der Waals surface area contributed by atoms with E-state index in [1.165, 1.54) is 18.2 Å². The number of aromatic nitrogens is 2. The van der Waals surface area contributed by atoms with Crippen LogP contribution >= 0.6 is 0 Å². The Bertz CT molecular complexity index is 723. The second kappa shape index (κ2) is 5.95. The minimum atomic E-state index is 0.0350. The van der Waals surface area contributed by atoms with Crippen LogP contribution in [-0.2, 0) is 13.0 Å². The Morgan fingerprint density at radius 2 is 2.18 bits per heavy atom. The molecule has 0 spiro atoms. The fraction of sp³-hybridized carbons (Fsp3) is 0.444. The molecule has 1 aromatic carbocycles. The molecule has 0 atom stereocenters. The molecule has 0 radical (unpaired) electrons. The number of fused-ring (bicyclic) bond motifs is 1. The number of hydrogen-bond donors (Lipinski definition) is 0. The Labute approximate surface area is 131 Å². The van der Waals surface area contributed by atoms with E-state index in [1.54, 1.807) is 12.3 Å². The van der Waals surface area contributed by atoms with E-state index in [9.17, 15) is 4.79 Å². The molecule has 0 aliphatic heterocycles. The molecule has 1 aromatic heterocycles. The molecule has 2 aromatic rings. The lowest BCUT2D eigenvalue weighted by Crippen LogP contribution is -2.04. The van der Waals surface area contributed by atoms with Crippen molar-refractivity contribution in [1.82, 2.24) is 14.7 Å². The van der Waals surface area contributed by atoms with Crippen molar-refractivity contribution in [3.8, 4) is 0 Å². The monoisotopic (exact) mass is 297 g/mol. The molecule has 0 bridgehead atoms. The zero-order valence-electron chi connectivity index (χ0n) is 13.5. The topological polar surface area (TPSA) is 38.1 Å². The summed E-state index contributed by atoms with van der Waals surface area (Å²) in [5.74, 6) is 0.800. The van der Waals surface area contributed by atoms with Crippen molar-refractivity contribution in [2.45, 2.75) is 32.7 Å². The van der Waals surface area contributed by atoms with Gasteiger partial charge in [-0.15, -0.1) is 0 Å². The first-order chi connectivity index (χ1) is 10.6. The average molecular weight is 297 g/mol. The zero-order valence-corrected chi connectivity index (χ0v) is 13.5. The van der Waals surface area contributed by atoms with E-state index >= 15 is 0 Å². The van der Waals surface area contributed by atoms with Crippen molar-refractivity contribution in [1.29, 1.82) is 0 Å². The van der Waals surface area contributed by atoms with Crippen LogP contribution < -0.4 is 0 Å². The predicted octanol–water partition coefficient (Wildman–Crippen LogP) is 3.27. The Morgan fingerprint density at radius 1 is 1.41 bits per heavy atom. The van der Waals surface area contributed by atoms with Crippen molar-refractivity contribution in [2.75, 3.05) is 14.1 Å². The number of ketones is 1. The van der Waals surface area contributed by atoms with E-state index in [2.05, 4.69) is 11.6 Å². The van der Waals surface area contributed by atoms with Gasteiger partial charge < -0.3 is 4.90 Å². The number of carbonyl (C=O) groups is 1. The fourth-order valence-corrected chi connectivity index (χ4v) is 2.65. The second-order valence-electron chi connectivity index (χ2n) is 6.30. The van der Waals surface area contributed by atoms with Gasteiger partial charge in [-0.05, 0) is 31.2 Å². The standard InChI is InChI=1S/C18H23N3O/c1-4-16-15-8-7-14(18(22)9-10-20(2)3)11-17(15)21(19-16)12-13-5-6-13/h7-11,13H,4-6,12H2,1-3H3. The minimum absolute atomic E-state index is 0.0350. The summed E-state index contributed by atoms with van der Waals surface area (Å²) in [4.78, 5) is 14.1. The molecule has 1 heterocycles. The van der Waals surface area contributed by atoms with Gasteiger partial charge in [-0.25, -0.2) is 0 Å². The number of rotatable bonds is 6. The van der Waals surface area contributed by atoms with Crippen LogP contribution in [0.15, 0.2) is 30.5 Å². The van der Waals surface area contributed by atoms with E-state index in [-0.39, 0.29) is 5.78 Å². The minimum Gasteiger partial charge on any atom is -0.383 e. The molecule has 0 amide bonds. The van der Waals surface area contributed by atoms with Gasteiger partial charge in [0.25, 0.3) is 0 Å². The molecule has 0 saturated heterocycles. The second-order valence-corrected chi connectivity index (χ2v) is 6.30. The Morgan fingerprint density at radius 3 is 2.82 bits per heavy atom. The third-order valence-electron chi connectivity index (χ3n) is 4.10. The maximum absolute atomic E-state index is 12.3. The number of allylic oxidation sites excluding steroid dienone is 1. The smallest absolute Gasteiger partial charge is 0.187 e. The first-order valence-corrected chi connectivity index (χ1v) is 7.97. The van der Waals surface area contributed by atoms with Gasteiger partial charge in [0.1, 0.15) is 0 Å². The molecular formula is C18H23N3O. The van der Waals surface area contributed by atoms with Gasteiger partial charge >= 0.3 is 0 Å². The van der Waals surface area contributed by atoms with Crippen LogP contribution in [0, 0.1) is 5.92 Å². The highest BCUT2D eigenvalue weighted by Crippen LogP contribution is 2.32. The van der Waals surface area contributed by atoms with Crippen LogP contribution in [0.4, 0.5) is 0 Å². The molecular weight excluding hydrogens is 274 g/mol. The zero-order chi connectivity index (χ0) is 15.7. The predicted molar refractivity (Wildman–Crippen MR) is 89.0 cm³/mol. The number of benzene rings is 1. The molecule has 1 aliphatic carbocycles. The first kappa shape index (κ1) is 14.8. The molecule has 0 N–H and O–H groups in total. The summed E-state index contributed by atoms with van der Waals surface area (Å²) < 4.78 is 2.10. The van der Waals surface area contributed by atoms with Crippen molar-refractivity contribution in [3.05, 3.63) is 41.7 Å². The Kier molecular flexibility index (Phi) is 4.01. The maximum atomic E-state index is 12.3. The lowest BCUT2D eigenvalue weighted by molar-refractivity contribution is 0.104. The molecule has 4 heteroatoms. The highest BCUT2D eigenvalue weighted by molar-refractivity contribution is 6.06. The van der Waals surface area contributed by atoms with E-state index in [0.717, 1.165) is 35.7 Å². The quantitative estimate of drug-likeness (QED) is 0.607. The fourth-order valence-electron chi connectivity index (χ4n) is 2.65. The van der Waals surface area contributed by atoms with E-state index < -0.39 is 0 Å². The third-order valence-corrected chi connectivity index (χ3v) is 4.10. The van der Waals surface area contributed by atoms with Gasteiger partial charge in [-0.3, -0.25) is 9.48 Å². The van der Waals surface area contributed by atoms with Crippen molar-refractivity contribution >= 4 is 16.7 Å². The summed E-state index contributed by atoms with van der Waals surface area (Å²) in [7, 11) is 3.82. The highest BCUT2D eigenvalue weighted by atomic mass is 16.1. The summed E-state index contributed by atoms with van der Waals surface area (Å²) in [5, 5.41) is 5.92. The Balaban J connectivity index is 1.98. The SMILES string of the molecule is CCc1nn(CC2CC2)c2cc(C(=O)C=CN(C)C)ccc12. The van der Waals surface area contributed by atoms with Crippen LogP contribution in [0.25, 0.3) is 10.9 Å². The lowest BCUT2D eigenvalue weighted by Gasteiger charge is -2.04. The number of hydrogen-bond acceptors (Lipinski definition) is 3. The first-order valence-electron chi connectivity index (χ1n) is 7.97. The number of carbonyl (C=O) groups excluding carboxylic acids is 1. The largest absolute Gasteiger partial charge is 0.383 e. The van der Waals surface area contributed by atoms with Crippen LogP contribution in [0.5, 0.6) is 0 Å². The normalized spacial score (nSPS) is 14.9. The average Bonchev–Trinajstić information content (AvgIpc) is 3.25. The molecule has 3 rings (SSSR count). The molecule has 22 heavy (non-hydrogen) atoms. The van der Waals surface area contributed by atoms with Crippen molar-refractivity contribution < 1.29 is 4.79 Å². The summed E-state index contributed by atoms with van der Waals surface area (Å²) in [5.41, 5.74) is 2.94. The van der Waals surface area contributed by atoms with Gasteiger partial charge in [0.15, 0.2) is 5.78 Å². The molecule has 1 saturated carbocycles. The van der Waals surface area contributed by atoms with Gasteiger partial charge in [0.05, 0.1) is 11.2 Å². The van der Waals surface area contributed by atoms with Crippen molar-refractivity contribution in [2.24, 2.45) is 5.92 Å². The molecule has 4 nitrogen and oxygen atoms in total. The van der Waals surface area contributed by atoms with Crippen LogP contribution in [0.3, 0.4) is 0 Å². The van der Waals surface area contributed by atoms with Crippen molar-refractivity contribution in [3.63, 3.8) is 0 Å². The molecule has 0 unspecified atom stereocenters. The van der Waals surface area contributed by atoms with E-state index in [4.69, 9.17) is 5.10 Å². The van der Waals surface area contributed by atoms with Gasteiger partial charge in [0.2, 0.25) is 0 Å². The van der Waals surface area contributed by atoms with Crippen LogP contribution in [0.1, 0.15) is 35.8 Å². The maximum Gasteiger partial charge on any atom is 0.187 e. The van der Waals surface area contributed by atoms with Gasteiger partial charge in [-0.1, -0.05) is 19.1 Å². The van der Waals surface area contributed by atoms with Crippen LogP contribution in [0.2, 0.25) is 0 Å². The molecule has 1 fully saturated rings. The van der Waals surface area contributed by atoms with Gasteiger partial charge in [0, 0.05) is 43.9 Å². The number of nitrogens with zero attached hydrogens (tertiary/aromatic N) is 3. The summed E-state index contributed by atoms with van der Waals surface area (Å²) in [6, 6.07) is 5.94. The molecule has 116 valence electrons. The Hall–Kier alpha value is -2.10. The van der Waals surface area contributed by atoms with Gasteiger partial charge in [-0.2, -0.15) is 5.10 Å². The third kappa shape index (κ3) is 3.06. The van der Waals surface area contributed by atoms with Crippen LogP contribution in [-0.4, -0.2) is 34.6 Å². The van der Waals surface area contributed by atoms with E-state index in [0.29, 0.717) is 0 Å². The number of aryl methyl sites for hydroxylation is 1.